The van der Waals surface area contributed by atoms with Crippen LogP contribution in [0, 0.1) is 0 Å². The highest BCUT2D eigenvalue weighted by Gasteiger charge is 2.18. The number of methoxy groups -OCH3 is 1. The second-order valence-electron chi connectivity index (χ2n) is 4.50. The van der Waals surface area contributed by atoms with Crippen LogP contribution in [0.5, 0.6) is 0 Å². The van der Waals surface area contributed by atoms with Gasteiger partial charge in [0.1, 0.15) is 0 Å². The molecule has 0 aliphatic carbocycles. The van der Waals surface area contributed by atoms with Gasteiger partial charge in [-0.15, -0.1) is 0 Å². The van der Waals surface area contributed by atoms with Gasteiger partial charge in [-0.05, 0) is 13.0 Å². The number of piperazine rings is 1. The molecule has 1 unspecified atom stereocenters. The minimum atomic E-state index is -0.428. The van der Waals surface area contributed by atoms with E-state index in [1.165, 1.54) is 7.11 Å². The normalized spacial score (nSPS) is 20.2. The zero-order valence-electron chi connectivity index (χ0n) is 10.9. The Bertz CT molecular complexity index is 228. The molecular formula is C12H24N2O3. The van der Waals surface area contributed by atoms with Crippen molar-refractivity contribution in [2.24, 2.45) is 0 Å². The van der Waals surface area contributed by atoms with E-state index in [0.717, 1.165) is 32.7 Å². The topological polar surface area (TPSA) is 53.0 Å². The lowest BCUT2D eigenvalue weighted by Gasteiger charge is -2.34. The van der Waals surface area contributed by atoms with Crippen LogP contribution in [0.4, 0.5) is 0 Å². The molecular weight excluding hydrogens is 220 g/mol. The summed E-state index contributed by atoms with van der Waals surface area (Å²) >= 11 is 0. The molecule has 0 aromatic carbocycles. The molecule has 0 saturated carbocycles. The van der Waals surface area contributed by atoms with Crippen molar-refractivity contribution in [2.45, 2.75) is 25.9 Å². The number of hydrogen-bond acceptors (Lipinski definition) is 5. The monoisotopic (exact) mass is 244 g/mol. The Labute approximate surface area is 103 Å². The molecule has 0 bridgehead atoms. The minimum absolute atomic E-state index is 0.250. The van der Waals surface area contributed by atoms with E-state index in [2.05, 4.69) is 21.5 Å². The number of rotatable bonds is 6. The zero-order chi connectivity index (χ0) is 12.7. The summed E-state index contributed by atoms with van der Waals surface area (Å²) in [5.41, 5.74) is 0. The predicted octanol–water partition coefficient (Wildman–Crippen LogP) is -0.0620. The number of likely N-dealkylation sites (N-methyl/N-ethyl adjacent to an activating group) is 1. The highest BCUT2D eigenvalue weighted by Crippen LogP contribution is 2.05. The first-order valence-electron chi connectivity index (χ1n) is 6.35. The summed E-state index contributed by atoms with van der Waals surface area (Å²) < 4.78 is 4.55. The third-order valence-electron chi connectivity index (χ3n) is 3.29. The standard InChI is InChI=1S/C12H24N2O3/c1-3-13-6-8-14(9-7-13)10-11(15)4-5-12(16)17-2/h11,15H,3-10H2,1-2H3. The maximum atomic E-state index is 10.9. The van der Waals surface area contributed by atoms with Gasteiger partial charge in [-0.25, -0.2) is 0 Å². The third-order valence-corrected chi connectivity index (χ3v) is 3.29. The molecule has 1 aliphatic rings. The highest BCUT2D eigenvalue weighted by atomic mass is 16.5. The fourth-order valence-corrected chi connectivity index (χ4v) is 2.06. The number of ether oxygens (including phenoxy) is 1. The summed E-state index contributed by atoms with van der Waals surface area (Å²) in [5, 5.41) is 9.81. The Morgan fingerprint density at radius 3 is 2.41 bits per heavy atom. The summed E-state index contributed by atoms with van der Waals surface area (Å²) in [4.78, 5) is 15.6. The SMILES string of the molecule is CCN1CCN(CC(O)CCC(=O)OC)CC1. The molecule has 17 heavy (non-hydrogen) atoms. The first-order valence-corrected chi connectivity index (χ1v) is 6.35. The zero-order valence-corrected chi connectivity index (χ0v) is 10.9. The largest absolute Gasteiger partial charge is 0.469 e. The van der Waals surface area contributed by atoms with Crippen molar-refractivity contribution < 1.29 is 14.6 Å². The van der Waals surface area contributed by atoms with E-state index in [9.17, 15) is 9.90 Å². The molecule has 5 heteroatoms. The smallest absolute Gasteiger partial charge is 0.305 e. The van der Waals surface area contributed by atoms with Crippen molar-refractivity contribution in [1.29, 1.82) is 0 Å². The van der Waals surface area contributed by atoms with Crippen LogP contribution in [-0.2, 0) is 9.53 Å². The first kappa shape index (κ1) is 14.4. The second-order valence-corrected chi connectivity index (χ2v) is 4.50. The Balaban J connectivity index is 2.14. The molecule has 1 rings (SSSR count). The number of aliphatic hydroxyl groups is 1. The van der Waals surface area contributed by atoms with Gasteiger partial charge in [0, 0.05) is 39.1 Å². The number of carbonyl (C=O) groups excluding carboxylic acids is 1. The molecule has 0 aromatic heterocycles. The molecule has 1 aliphatic heterocycles. The van der Waals surface area contributed by atoms with E-state index in [1.807, 2.05) is 0 Å². The maximum absolute atomic E-state index is 10.9. The molecule has 1 N–H and O–H groups in total. The molecule has 1 saturated heterocycles. The van der Waals surface area contributed by atoms with E-state index >= 15 is 0 Å². The molecule has 0 amide bonds. The number of nitrogens with zero attached hydrogens (tertiary/aromatic N) is 2. The van der Waals surface area contributed by atoms with Crippen LogP contribution in [0.1, 0.15) is 19.8 Å². The van der Waals surface area contributed by atoms with Gasteiger partial charge >= 0.3 is 5.97 Å². The Morgan fingerprint density at radius 2 is 1.88 bits per heavy atom. The third kappa shape index (κ3) is 5.48. The maximum Gasteiger partial charge on any atom is 0.305 e. The number of β-amino-alcohol motifs (C(OH)–C–C–N with tert-alkyl or cyclic N) is 1. The van der Waals surface area contributed by atoms with Gasteiger partial charge in [0.05, 0.1) is 13.2 Å². The van der Waals surface area contributed by atoms with Crippen molar-refractivity contribution in [1.82, 2.24) is 9.80 Å². The van der Waals surface area contributed by atoms with E-state index in [1.54, 1.807) is 0 Å². The van der Waals surface area contributed by atoms with Crippen LogP contribution in [-0.4, -0.2) is 73.4 Å². The van der Waals surface area contributed by atoms with E-state index < -0.39 is 6.10 Å². The van der Waals surface area contributed by atoms with E-state index in [4.69, 9.17) is 0 Å². The molecule has 1 atom stereocenters. The van der Waals surface area contributed by atoms with Crippen LogP contribution in [0.15, 0.2) is 0 Å². The lowest BCUT2D eigenvalue weighted by Crippen LogP contribution is -2.48. The molecule has 100 valence electrons. The Hall–Kier alpha value is -0.650. The average molecular weight is 244 g/mol. The molecule has 5 nitrogen and oxygen atoms in total. The van der Waals surface area contributed by atoms with Crippen molar-refractivity contribution in [3.05, 3.63) is 0 Å². The van der Waals surface area contributed by atoms with Crippen molar-refractivity contribution in [3.63, 3.8) is 0 Å². The Kier molecular flexibility index (Phi) is 6.47. The summed E-state index contributed by atoms with van der Waals surface area (Å²) in [7, 11) is 1.37. The first-order chi connectivity index (χ1) is 8.15. The van der Waals surface area contributed by atoms with Crippen LogP contribution >= 0.6 is 0 Å². The predicted molar refractivity (Wildman–Crippen MR) is 65.8 cm³/mol. The molecule has 0 radical (unpaired) electrons. The molecule has 1 heterocycles. The van der Waals surface area contributed by atoms with Gasteiger partial charge in [-0.1, -0.05) is 6.92 Å². The summed E-state index contributed by atoms with van der Waals surface area (Å²) in [5.74, 6) is -0.250. The fourth-order valence-electron chi connectivity index (χ4n) is 2.06. The second kappa shape index (κ2) is 7.63. The molecule has 0 aromatic rings. The number of carbonyl (C=O) groups is 1. The summed E-state index contributed by atoms with van der Waals surface area (Å²) in [6, 6.07) is 0. The van der Waals surface area contributed by atoms with E-state index in [-0.39, 0.29) is 5.97 Å². The Morgan fingerprint density at radius 1 is 1.29 bits per heavy atom. The van der Waals surface area contributed by atoms with Crippen LogP contribution in [0.25, 0.3) is 0 Å². The van der Waals surface area contributed by atoms with Gasteiger partial charge < -0.3 is 14.7 Å². The lowest BCUT2D eigenvalue weighted by molar-refractivity contribution is -0.141. The van der Waals surface area contributed by atoms with Gasteiger partial charge in [-0.2, -0.15) is 0 Å². The molecule has 1 fully saturated rings. The van der Waals surface area contributed by atoms with Crippen molar-refractivity contribution in [3.8, 4) is 0 Å². The number of esters is 1. The number of hydrogen-bond donors (Lipinski definition) is 1. The summed E-state index contributed by atoms with van der Waals surface area (Å²) in [6.45, 7) is 8.07. The fraction of sp³-hybridized carbons (Fsp3) is 0.917. The quantitative estimate of drug-likeness (QED) is 0.663. The van der Waals surface area contributed by atoms with E-state index in [0.29, 0.717) is 19.4 Å². The van der Waals surface area contributed by atoms with Gasteiger partial charge in [-0.3, -0.25) is 9.69 Å². The average Bonchev–Trinajstić information content (AvgIpc) is 2.36. The lowest BCUT2D eigenvalue weighted by atomic mass is 10.1. The summed E-state index contributed by atoms with van der Waals surface area (Å²) in [6.07, 6.45) is 0.357. The van der Waals surface area contributed by atoms with Crippen molar-refractivity contribution >= 4 is 5.97 Å². The van der Waals surface area contributed by atoms with Gasteiger partial charge in [0.2, 0.25) is 0 Å². The highest BCUT2D eigenvalue weighted by molar-refractivity contribution is 5.69. The van der Waals surface area contributed by atoms with Crippen LogP contribution in [0.2, 0.25) is 0 Å². The van der Waals surface area contributed by atoms with Crippen molar-refractivity contribution in [2.75, 3.05) is 46.4 Å². The van der Waals surface area contributed by atoms with Gasteiger partial charge in [0.15, 0.2) is 0 Å². The van der Waals surface area contributed by atoms with Gasteiger partial charge in [0.25, 0.3) is 0 Å². The number of aliphatic hydroxyl groups excluding tert-OH is 1. The van der Waals surface area contributed by atoms with Crippen LogP contribution in [0.3, 0.4) is 0 Å². The molecule has 0 spiro atoms. The minimum Gasteiger partial charge on any atom is -0.469 e. The van der Waals surface area contributed by atoms with Crippen LogP contribution < -0.4 is 0 Å².